The third kappa shape index (κ3) is 4.16. The van der Waals surface area contributed by atoms with Crippen molar-refractivity contribution in [2.45, 2.75) is 53.0 Å². The lowest BCUT2D eigenvalue weighted by Crippen LogP contribution is -2.28. The summed E-state index contributed by atoms with van der Waals surface area (Å²) in [7, 11) is 2.20. The van der Waals surface area contributed by atoms with Gasteiger partial charge in [-0.3, -0.25) is 0 Å². The molecule has 17 heavy (non-hydrogen) atoms. The molecule has 96 valence electrons. The maximum Gasteiger partial charge on any atom is 0.00356 e. The Balaban J connectivity index is 2.73. The van der Waals surface area contributed by atoms with Crippen LogP contribution in [0.2, 0.25) is 0 Å². The third-order valence-electron chi connectivity index (χ3n) is 3.66. The van der Waals surface area contributed by atoms with Gasteiger partial charge in [0.2, 0.25) is 0 Å². The molecule has 1 rings (SSSR count). The van der Waals surface area contributed by atoms with Crippen molar-refractivity contribution in [1.29, 1.82) is 0 Å². The molecule has 0 amide bonds. The van der Waals surface area contributed by atoms with Crippen LogP contribution < -0.4 is 0 Å². The molecule has 0 spiro atoms. The zero-order valence-corrected chi connectivity index (χ0v) is 12.2. The summed E-state index contributed by atoms with van der Waals surface area (Å²) >= 11 is 0. The number of hydrogen-bond acceptors (Lipinski definition) is 1. The summed E-state index contributed by atoms with van der Waals surface area (Å²) in [5.74, 6) is 0.622. The molecular formula is C16H27N. The van der Waals surface area contributed by atoms with Crippen LogP contribution in [0.15, 0.2) is 18.2 Å². The fourth-order valence-electron chi connectivity index (χ4n) is 1.87. The van der Waals surface area contributed by atoms with E-state index in [0.717, 1.165) is 13.0 Å². The van der Waals surface area contributed by atoms with E-state index in [4.69, 9.17) is 0 Å². The van der Waals surface area contributed by atoms with Gasteiger partial charge in [0.05, 0.1) is 0 Å². The molecule has 1 aromatic carbocycles. The average Bonchev–Trinajstić information content (AvgIpc) is 2.26. The van der Waals surface area contributed by atoms with E-state index in [2.05, 4.69) is 64.8 Å². The summed E-state index contributed by atoms with van der Waals surface area (Å²) in [6.45, 7) is 12.4. The number of nitrogens with zero attached hydrogens (tertiary/aromatic N) is 1. The second-order valence-corrected chi connectivity index (χ2v) is 5.66. The summed E-state index contributed by atoms with van der Waals surface area (Å²) in [4.78, 5) is 2.40. The lowest BCUT2D eigenvalue weighted by molar-refractivity contribution is 0.277. The van der Waals surface area contributed by atoms with Crippen LogP contribution in [0.25, 0.3) is 0 Å². The van der Waals surface area contributed by atoms with E-state index >= 15 is 0 Å². The van der Waals surface area contributed by atoms with Crippen molar-refractivity contribution >= 4 is 0 Å². The molecule has 0 atom stereocenters. The van der Waals surface area contributed by atoms with Gasteiger partial charge in [-0.2, -0.15) is 0 Å². The Morgan fingerprint density at radius 1 is 1.12 bits per heavy atom. The van der Waals surface area contributed by atoms with Crippen molar-refractivity contribution in [3.05, 3.63) is 34.9 Å². The lowest BCUT2D eigenvalue weighted by Gasteiger charge is -2.21. The second kappa shape index (κ2) is 6.20. The molecule has 0 fully saturated rings. The number of rotatable bonds is 5. The first-order valence-corrected chi connectivity index (χ1v) is 6.71. The van der Waals surface area contributed by atoms with Gasteiger partial charge in [0.25, 0.3) is 0 Å². The van der Waals surface area contributed by atoms with E-state index in [1.807, 2.05) is 0 Å². The molecule has 0 saturated carbocycles. The Hall–Kier alpha value is -0.820. The van der Waals surface area contributed by atoms with Gasteiger partial charge >= 0.3 is 0 Å². The van der Waals surface area contributed by atoms with Crippen LogP contribution in [0, 0.1) is 6.92 Å². The minimum absolute atomic E-state index is 0.622. The Morgan fingerprint density at radius 2 is 1.76 bits per heavy atom. The van der Waals surface area contributed by atoms with Crippen LogP contribution >= 0.6 is 0 Å². The fourth-order valence-corrected chi connectivity index (χ4v) is 1.87. The number of benzene rings is 1. The van der Waals surface area contributed by atoms with Gasteiger partial charge in [0, 0.05) is 12.6 Å². The van der Waals surface area contributed by atoms with E-state index in [-0.39, 0.29) is 0 Å². The van der Waals surface area contributed by atoms with Crippen molar-refractivity contribution < 1.29 is 0 Å². The van der Waals surface area contributed by atoms with Gasteiger partial charge in [-0.1, -0.05) is 32.0 Å². The molecule has 0 heterocycles. The van der Waals surface area contributed by atoms with E-state index in [0.29, 0.717) is 12.0 Å². The summed E-state index contributed by atoms with van der Waals surface area (Å²) in [5, 5.41) is 0. The van der Waals surface area contributed by atoms with Crippen LogP contribution in [0.3, 0.4) is 0 Å². The highest BCUT2D eigenvalue weighted by Gasteiger charge is 2.07. The highest BCUT2D eigenvalue weighted by atomic mass is 15.1. The van der Waals surface area contributed by atoms with Crippen molar-refractivity contribution in [2.24, 2.45) is 0 Å². The first-order chi connectivity index (χ1) is 7.91. The monoisotopic (exact) mass is 233 g/mol. The van der Waals surface area contributed by atoms with E-state index in [1.165, 1.54) is 16.7 Å². The molecule has 0 radical (unpaired) electrons. The van der Waals surface area contributed by atoms with Crippen molar-refractivity contribution in [2.75, 3.05) is 13.6 Å². The van der Waals surface area contributed by atoms with Crippen LogP contribution in [0.4, 0.5) is 0 Å². The molecule has 0 aliphatic rings. The van der Waals surface area contributed by atoms with Crippen molar-refractivity contribution in [3.63, 3.8) is 0 Å². The molecule has 1 nitrogen and oxygen atoms in total. The zero-order chi connectivity index (χ0) is 13.0. The van der Waals surface area contributed by atoms with Crippen LogP contribution in [-0.4, -0.2) is 24.5 Å². The molecule has 0 aliphatic heterocycles. The molecule has 0 unspecified atom stereocenters. The number of aryl methyl sites for hydroxylation is 1. The van der Waals surface area contributed by atoms with Crippen LogP contribution in [0.5, 0.6) is 0 Å². The summed E-state index contributed by atoms with van der Waals surface area (Å²) in [6.07, 6.45) is 1.15. The maximum atomic E-state index is 2.40. The average molecular weight is 233 g/mol. The van der Waals surface area contributed by atoms with Crippen LogP contribution in [0.1, 0.15) is 50.3 Å². The predicted octanol–water partition coefficient (Wildman–Crippen LogP) is 4.00. The largest absolute Gasteiger partial charge is 0.304 e. The number of likely N-dealkylation sites (N-methyl/N-ethyl adjacent to an activating group) is 1. The normalized spacial score (nSPS) is 11.8. The first-order valence-electron chi connectivity index (χ1n) is 6.71. The SMILES string of the molecule is Cc1ccc(C(C)C)cc1CCN(C)C(C)C. The van der Waals surface area contributed by atoms with Gasteiger partial charge in [-0.05, 0) is 56.8 Å². The summed E-state index contributed by atoms with van der Waals surface area (Å²) < 4.78 is 0. The lowest BCUT2D eigenvalue weighted by atomic mass is 9.96. The molecular weight excluding hydrogens is 206 g/mol. The minimum atomic E-state index is 0.622. The maximum absolute atomic E-state index is 2.40. The molecule has 0 saturated heterocycles. The third-order valence-corrected chi connectivity index (χ3v) is 3.66. The predicted molar refractivity (Wildman–Crippen MR) is 76.7 cm³/mol. The topological polar surface area (TPSA) is 3.24 Å². The zero-order valence-electron chi connectivity index (χ0n) is 12.2. The van der Waals surface area contributed by atoms with Crippen molar-refractivity contribution in [3.8, 4) is 0 Å². The van der Waals surface area contributed by atoms with Crippen molar-refractivity contribution in [1.82, 2.24) is 4.90 Å². The second-order valence-electron chi connectivity index (χ2n) is 5.66. The first kappa shape index (κ1) is 14.2. The minimum Gasteiger partial charge on any atom is -0.304 e. The van der Waals surface area contributed by atoms with Crippen LogP contribution in [-0.2, 0) is 6.42 Å². The number of hydrogen-bond donors (Lipinski definition) is 0. The van der Waals surface area contributed by atoms with Gasteiger partial charge in [0.15, 0.2) is 0 Å². The highest BCUT2D eigenvalue weighted by molar-refractivity contribution is 5.32. The fraction of sp³-hybridized carbons (Fsp3) is 0.625. The molecule has 1 aromatic rings. The molecule has 0 aromatic heterocycles. The van der Waals surface area contributed by atoms with E-state index in [1.54, 1.807) is 0 Å². The quantitative estimate of drug-likeness (QED) is 0.743. The summed E-state index contributed by atoms with van der Waals surface area (Å²) in [5.41, 5.74) is 4.38. The molecule has 0 aliphatic carbocycles. The smallest absolute Gasteiger partial charge is 0.00356 e. The summed E-state index contributed by atoms with van der Waals surface area (Å²) in [6, 6.07) is 7.53. The Kier molecular flexibility index (Phi) is 5.20. The van der Waals surface area contributed by atoms with Gasteiger partial charge in [-0.15, -0.1) is 0 Å². The molecule has 1 heteroatoms. The van der Waals surface area contributed by atoms with Gasteiger partial charge < -0.3 is 4.90 Å². The van der Waals surface area contributed by atoms with E-state index < -0.39 is 0 Å². The Bertz CT molecular complexity index is 353. The van der Waals surface area contributed by atoms with Gasteiger partial charge in [0.1, 0.15) is 0 Å². The Labute approximate surface area is 107 Å². The molecule has 0 bridgehead atoms. The van der Waals surface area contributed by atoms with Gasteiger partial charge in [-0.25, -0.2) is 0 Å². The Morgan fingerprint density at radius 3 is 2.29 bits per heavy atom. The highest BCUT2D eigenvalue weighted by Crippen LogP contribution is 2.19. The van der Waals surface area contributed by atoms with E-state index in [9.17, 15) is 0 Å². The standard InChI is InChI=1S/C16H27N/c1-12(2)15-8-7-14(5)16(11-15)9-10-17(6)13(3)4/h7-8,11-13H,9-10H2,1-6H3. The molecule has 0 N–H and O–H groups in total.